The summed E-state index contributed by atoms with van der Waals surface area (Å²) in [6, 6.07) is 9.97. The van der Waals surface area contributed by atoms with E-state index < -0.39 is 11.9 Å². The lowest BCUT2D eigenvalue weighted by Gasteiger charge is -2.11. The fraction of sp³-hybridized carbons (Fsp3) is 0.214. The van der Waals surface area contributed by atoms with Crippen LogP contribution in [0.25, 0.3) is 0 Å². The van der Waals surface area contributed by atoms with Crippen LogP contribution < -0.4 is 0 Å². The fourth-order valence-electron chi connectivity index (χ4n) is 1.74. The molecule has 2 rings (SSSR count). The fourth-order valence-corrected chi connectivity index (χ4v) is 1.86. The maximum atomic E-state index is 13.3. The van der Waals surface area contributed by atoms with Gasteiger partial charge in [0.15, 0.2) is 0 Å². The number of halogens is 2. The minimum atomic E-state index is -0.745. The van der Waals surface area contributed by atoms with Crippen LogP contribution in [-0.4, -0.2) is 10.1 Å². The number of hydrogen-bond donors (Lipinski definition) is 1. The van der Waals surface area contributed by atoms with Gasteiger partial charge in [0.2, 0.25) is 0 Å². The summed E-state index contributed by atoms with van der Waals surface area (Å²) in [5.41, 5.74) is 2.12. The van der Waals surface area contributed by atoms with E-state index in [1.807, 2.05) is 19.1 Å². The number of aryl methyl sites for hydroxylation is 1. The summed E-state index contributed by atoms with van der Waals surface area (Å²) in [6.45, 7) is 1.86. The van der Waals surface area contributed by atoms with E-state index in [2.05, 4.69) is 4.98 Å². The van der Waals surface area contributed by atoms with Crippen LogP contribution >= 0.6 is 11.6 Å². The third-order valence-corrected chi connectivity index (χ3v) is 2.97. The molecule has 0 saturated carbocycles. The van der Waals surface area contributed by atoms with Crippen molar-refractivity contribution < 1.29 is 9.50 Å². The van der Waals surface area contributed by atoms with Gasteiger partial charge < -0.3 is 5.11 Å². The number of aliphatic hydroxyl groups excluding tert-OH is 1. The van der Waals surface area contributed by atoms with Gasteiger partial charge in [-0.3, -0.25) is 4.98 Å². The highest BCUT2D eigenvalue weighted by molar-refractivity contribution is 6.30. The first-order chi connectivity index (χ1) is 8.56. The summed E-state index contributed by atoms with van der Waals surface area (Å²) in [6.07, 6.45) is -0.435. The van der Waals surface area contributed by atoms with Crippen molar-refractivity contribution in [2.45, 2.75) is 19.4 Å². The predicted molar refractivity (Wildman–Crippen MR) is 69.0 cm³/mol. The van der Waals surface area contributed by atoms with Gasteiger partial charge in [-0.2, -0.15) is 0 Å². The number of benzene rings is 1. The van der Waals surface area contributed by atoms with E-state index in [-0.39, 0.29) is 5.02 Å². The lowest BCUT2D eigenvalue weighted by Crippen LogP contribution is -2.05. The maximum absolute atomic E-state index is 13.3. The quantitative estimate of drug-likeness (QED) is 0.922. The molecule has 0 aliphatic rings. The Morgan fingerprint density at radius 1 is 1.33 bits per heavy atom. The molecule has 2 nitrogen and oxygen atoms in total. The molecule has 0 spiro atoms. The molecule has 1 atom stereocenters. The SMILES string of the molecule is Cc1cccc(C(O)Cc2ccc(Cl)c(F)c2)n1. The summed E-state index contributed by atoms with van der Waals surface area (Å²) in [5, 5.41) is 10.1. The molecule has 0 saturated heterocycles. The number of nitrogens with zero attached hydrogens (tertiary/aromatic N) is 1. The molecule has 18 heavy (non-hydrogen) atoms. The summed E-state index contributed by atoms with van der Waals surface area (Å²) in [4.78, 5) is 4.24. The van der Waals surface area contributed by atoms with Gasteiger partial charge in [-0.05, 0) is 36.8 Å². The Labute approximate surface area is 110 Å². The van der Waals surface area contributed by atoms with Crippen molar-refractivity contribution in [1.82, 2.24) is 4.98 Å². The average molecular weight is 266 g/mol. The van der Waals surface area contributed by atoms with E-state index in [0.717, 1.165) is 5.69 Å². The molecule has 1 N–H and O–H groups in total. The number of aromatic nitrogens is 1. The number of pyridine rings is 1. The van der Waals surface area contributed by atoms with E-state index in [0.29, 0.717) is 17.7 Å². The average Bonchev–Trinajstić information content (AvgIpc) is 2.34. The molecule has 1 aromatic carbocycles. The third kappa shape index (κ3) is 3.06. The third-order valence-electron chi connectivity index (χ3n) is 2.66. The van der Waals surface area contributed by atoms with Crippen molar-refractivity contribution in [3.63, 3.8) is 0 Å². The lowest BCUT2D eigenvalue weighted by atomic mass is 10.0. The van der Waals surface area contributed by atoms with Crippen molar-refractivity contribution in [2.24, 2.45) is 0 Å². The molecule has 1 aromatic heterocycles. The van der Waals surface area contributed by atoms with Gasteiger partial charge in [-0.25, -0.2) is 4.39 Å². The van der Waals surface area contributed by atoms with Crippen LogP contribution in [0.1, 0.15) is 23.1 Å². The highest BCUT2D eigenvalue weighted by atomic mass is 35.5. The summed E-state index contributed by atoms with van der Waals surface area (Å²) in [5.74, 6) is -0.474. The van der Waals surface area contributed by atoms with Gasteiger partial charge in [0.05, 0.1) is 16.8 Å². The minimum Gasteiger partial charge on any atom is -0.386 e. The normalized spacial score (nSPS) is 12.4. The smallest absolute Gasteiger partial charge is 0.142 e. The van der Waals surface area contributed by atoms with E-state index >= 15 is 0 Å². The Morgan fingerprint density at radius 2 is 2.11 bits per heavy atom. The molecule has 2 aromatic rings. The molecule has 0 amide bonds. The van der Waals surface area contributed by atoms with E-state index in [1.54, 1.807) is 12.1 Å². The number of rotatable bonds is 3. The Kier molecular flexibility index (Phi) is 3.94. The van der Waals surface area contributed by atoms with Crippen LogP contribution in [0.5, 0.6) is 0 Å². The zero-order valence-electron chi connectivity index (χ0n) is 9.90. The lowest BCUT2D eigenvalue weighted by molar-refractivity contribution is 0.173. The summed E-state index contributed by atoms with van der Waals surface area (Å²) < 4.78 is 13.3. The molecule has 0 bridgehead atoms. The molecular formula is C14H13ClFNO. The Balaban J connectivity index is 2.16. The molecular weight excluding hydrogens is 253 g/mol. The van der Waals surface area contributed by atoms with Gasteiger partial charge in [-0.1, -0.05) is 23.7 Å². The van der Waals surface area contributed by atoms with Crippen LogP contribution in [0.2, 0.25) is 5.02 Å². The molecule has 4 heteroatoms. The van der Waals surface area contributed by atoms with Crippen molar-refractivity contribution >= 4 is 11.6 Å². The van der Waals surface area contributed by atoms with E-state index in [4.69, 9.17) is 11.6 Å². The van der Waals surface area contributed by atoms with Gasteiger partial charge in [0.1, 0.15) is 5.82 Å². The first-order valence-electron chi connectivity index (χ1n) is 5.62. The van der Waals surface area contributed by atoms with Gasteiger partial charge in [0, 0.05) is 12.1 Å². The van der Waals surface area contributed by atoms with Gasteiger partial charge in [-0.15, -0.1) is 0 Å². The minimum absolute atomic E-state index is 0.0851. The highest BCUT2D eigenvalue weighted by Gasteiger charge is 2.11. The second-order valence-corrected chi connectivity index (χ2v) is 4.58. The molecule has 94 valence electrons. The second kappa shape index (κ2) is 5.46. The number of hydrogen-bond acceptors (Lipinski definition) is 2. The molecule has 1 heterocycles. The Hall–Kier alpha value is -1.45. The van der Waals surface area contributed by atoms with Crippen molar-refractivity contribution in [3.8, 4) is 0 Å². The van der Waals surface area contributed by atoms with E-state index in [1.165, 1.54) is 12.1 Å². The molecule has 0 radical (unpaired) electrons. The zero-order chi connectivity index (χ0) is 13.1. The topological polar surface area (TPSA) is 33.1 Å². The maximum Gasteiger partial charge on any atom is 0.142 e. The van der Waals surface area contributed by atoms with Crippen LogP contribution in [0.4, 0.5) is 4.39 Å². The second-order valence-electron chi connectivity index (χ2n) is 4.17. The highest BCUT2D eigenvalue weighted by Crippen LogP contribution is 2.20. The predicted octanol–water partition coefficient (Wildman–Crippen LogP) is 3.46. The van der Waals surface area contributed by atoms with Crippen LogP contribution in [0.15, 0.2) is 36.4 Å². The van der Waals surface area contributed by atoms with Gasteiger partial charge in [0.25, 0.3) is 0 Å². The van der Waals surface area contributed by atoms with Crippen molar-refractivity contribution in [1.29, 1.82) is 0 Å². The summed E-state index contributed by atoms with van der Waals surface area (Å²) in [7, 11) is 0. The monoisotopic (exact) mass is 265 g/mol. The molecule has 0 aliphatic carbocycles. The standard InChI is InChI=1S/C14H13ClFNO/c1-9-3-2-4-13(17-9)14(18)8-10-5-6-11(15)12(16)7-10/h2-7,14,18H,8H2,1H3. The van der Waals surface area contributed by atoms with Crippen LogP contribution in [0.3, 0.4) is 0 Å². The Bertz CT molecular complexity index is 559. The first kappa shape index (κ1) is 13.0. The first-order valence-corrected chi connectivity index (χ1v) is 5.99. The summed E-state index contributed by atoms with van der Waals surface area (Å²) >= 11 is 5.61. The Morgan fingerprint density at radius 3 is 2.78 bits per heavy atom. The van der Waals surface area contributed by atoms with Gasteiger partial charge >= 0.3 is 0 Å². The largest absolute Gasteiger partial charge is 0.386 e. The van der Waals surface area contributed by atoms with Crippen molar-refractivity contribution in [3.05, 3.63) is 64.2 Å². The van der Waals surface area contributed by atoms with Crippen LogP contribution in [0, 0.1) is 12.7 Å². The van der Waals surface area contributed by atoms with E-state index in [9.17, 15) is 9.50 Å². The zero-order valence-corrected chi connectivity index (χ0v) is 10.7. The van der Waals surface area contributed by atoms with Crippen LogP contribution in [-0.2, 0) is 6.42 Å². The van der Waals surface area contributed by atoms with Crippen molar-refractivity contribution in [2.75, 3.05) is 0 Å². The molecule has 1 unspecified atom stereocenters. The molecule has 0 fully saturated rings. The molecule has 0 aliphatic heterocycles. The number of aliphatic hydroxyl groups is 1.